The minimum Gasteiger partial charge on any atom is -0.369 e. The molecular weight excluding hydrogens is 316 g/mol. The van der Waals surface area contributed by atoms with Crippen molar-refractivity contribution >= 4 is 17.8 Å². The number of carbonyl (C=O) groups excluding carboxylic acids is 2. The Kier molecular flexibility index (Phi) is 6.62. The summed E-state index contributed by atoms with van der Waals surface area (Å²) in [4.78, 5) is 32.8. The second kappa shape index (κ2) is 8.50. The first-order chi connectivity index (χ1) is 11.9. The zero-order valence-corrected chi connectivity index (χ0v) is 15.8. The Balaban J connectivity index is 2.04. The maximum absolute atomic E-state index is 13.1. The monoisotopic (exact) mass is 348 g/mol. The molecule has 0 saturated carbocycles. The second-order valence-corrected chi connectivity index (χ2v) is 7.24. The molecule has 140 valence electrons. The zero-order chi connectivity index (χ0) is 18.4. The Bertz CT molecular complexity index is 550. The van der Waals surface area contributed by atoms with Crippen molar-refractivity contribution in [3.8, 4) is 0 Å². The van der Waals surface area contributed by atoms with Crippen LogP contribution in [-0.2, 0) is 9.59 Å². The summed E-state index contributed by atoms with van der Waals surface area (Å²) in [5.74, 6) is 0.906. The van der Waals surface area contributed by atoms with Gasteiger partial charge in [0.05, 0.1) is 0 Å². The van der Waals surface area contributed by atoms with E-state index in [0.29, 0.717) is 24.8 Å². The summed E-state index contributed by atoms with van der Waals surface area (Å²) in [7, 11) is 0. The van der Waals surface area contributed by atoms with Gasteiger partial charge in [0.15, 0.2) is 5.96 Å². The van der Waals surface area contributed by atoms with E-state index in [1.54, 1.807) is 11.8 Å². The molecule has 2 N–H and O–H groups in total. The lowest BCUT2D eigenvalue weighted by Gasteiger charge is -2.34. The molecule has 6 heteroatoms. The number of nitrogens with zero attached hydrogens (tertiary/aromatic N) is 3. The minimum absolute atomic E-state index is 0.0468. The first kappa shape index (κ1) is 19.5. The smallest absolute Gasteiger partial charge is 0.257 e. The van der Waals surface area contributed by atoms with Gasteiger partial charge in [-0.05, 0) is 38.5 Å². The molecule has 1 fully saturated rings. The van der Waals surface area contributed by atoms with Crippen LogP contribution in [-0.4, -0.2) is 52.7 Å². The van der Waals surface area contributed by atoms with Gasteiger partial charge in [-0.25, -0.2) is 4.99 Å². The largest absolute Gasteiger partial charge is 0.369 e. The molecule has 0 radical (unpaired) electrons. The first-order valence-corrected chi connectivity index (χ1v) is 9.47. The summed E-state index contributed by atoms with van der Waals surface area (Å²) < 4.78 is 0. The summed E-state index contributed by atoms with van der Waals surface area (Å²) in [6, 6.07) is 0. The zero-order valence-electron chi connectivity index (χ0n) is 15.8. The van der Waals surface area contributed by atoms with Crippen molar-refractivity contribution < 1.29 is 9.59 Å². The Labute approximate surface area is 151 Å². The van der Waals surface area contributed by atoms with Gasteiger partial charge in [-0.15, -0.1) is 0 Å². The van der Waals surface area contributed by atoms with E-state index in [1.165, 1.54) is 0 Å². The number of guanidine groups is 1. The average Bonchev–Trinajstić information content (AvgIpc) is 2.83. The van der Waals surface area contributed by atoms with E-state index in [-0.39, 0.29) is 11.8 Å². The molecule has 1 unspecified atom stereocenters. The molecule has 0 aromatic carbocycles. The van der Waals surface area contributed by atoms with Gasteiger partial charge in [0.2, 0.25) is 5.91 Å². The molecule has 2 aliphatic heterocycles. The highest BCUT2D eigenvalue weighted by atomic mass is 16.2. The lowest BCUT2D eigenvalue weighted by molar-refractivity contribution is -0.133. The van der Waals surface area contributed by atoms with Crippen LogP contribution in [0, 0.1) is 5.92 Å². The van der Waals surface area contributed by atoms with E-state index in [1.807, 2.05) is 24.0 Å². The van der Waals surface area contributed by atoms with Crippen LogP contribution < -0.4 is 5.73 Å². The summed E-state index contributed by atoms with van der Waals surface area (Å²) >= 11 is 0. The maximum Gasteiger partial charge on any atom is 0.257 e. The second-order valence-electron chi connectivity index (χ2n) is 7.24. The number of likely N-dealkylation sites (tertiary alicyclic amines) is 1. The Morgan fingerprint density at radius 1 is 1.40 bits per heavy atom. The van der Waals surface area contributed by atoms with Gasteiger partial charge in [-0.1, -0.05) is 31.9 Å². The molecule has 0 aromatic rings. The van der Waals surface area contributed by atoms with Crippen LogP contribution in [0.25, 0.3) is 0 Å². The van der Waals surface area contributed by atoms with Crippen LogP contribution in [0.2, 0.25) is 0 Å². The van der Waals surface area contributed by atoms with E-state index < -0.39 is 5.54 Å². The van der Waals surface area contributed by atoms with E-state index >= 15 is 0 Å². The van der Waals surface area contributed by atoms with Crippen LogP contribution in [0.5, 0.6) is 0 Å². The van der Waals surface area contributed by atoms with Crippen molar-refractivity contribution in [1.82, 2.24) is 9.80 Å². The van der Waals surface area contributed by atoms with Crippen molar-refractivity contribution in [2.45, 2.75) is 64.8 Å². The van der Waals surface area contributed by atoms with E-state index in [2.05, 4.69) is 11.9 Å². The SMILES string of the molecule is C/C=C/CC1(CCCC)N=C(N)N(CC2CCN(C(C)=O)CC2)C1=O. The van der Waals surface area contributed by atoms with Gasteiger partial charge in [-0.3, -0.25) is 14.5 Å². The molecule has 0 bridgehead atoms. The van der Waals surface area contributed by atoms with Crippen molar-refractivity contribution in [3.63, 3.8) is 0 Å². The fourth-order valence-corrected chi connectivity index (χ4v) is 3.73. The molecule has 0 aromatic heterocycles. The number of allylic oxidation sites excluding steroid dienone is 1. The Hall–Kier alpha value is -1.85. The predicted molar refractivity (Wildman–Crippen MR) is 100 cm³/mol. The standard InChI is InChI=1S/C19H32N4O2/c1-4-6-10-19(11-7-5-2)17(25)23(18(20)21-19)14-16-8-12-22(13-9-16)15(3)24/h4,6,16H,5,7-14H2,1-3H3,(H2,20,21)/b6-4+. The van der Waals surface area contributed by atoms with Crippen LogP contribution in [0.15, 0.2) is 17.1 Å². The van der Waals surface area contributed by atoms with Gasteiger partial charge >= 0.3 is 0 Å². The fourth-order valence-electron chi connectivity index (χ4n) is 3.73. The number of nitrogens with two attached hydrogens (primary N) is 1. The van der Waals surface area contributed by atoms with Gasteiger partial charge in [0.25, 0.3) is 5.91 Å². The molecule has 2 amide bonds. The van der Waals surface area contributed by atoms with Crippen molar-refractivity contribution in [1.29, 1.82) is 0 Å². The van der Waals surface area contributed by atoms with Gasteiger partial charge in [0, 0.05) is 26.6 Å². The summed E-state index contributed by atoms with van der Waals surface area (Å²) in [6.45, 7) is 7.83. The van der Waals surface area contributed by atoms with Crippen LogP contribution >= 0.6 is 0 Å². The van der Waals surface area contributed by atoms with Gasteiger partial charge in [-0.2, -0.15) is 0 Å². The number of carbonyl (C=O) groups is 2. The molecule has 2 rings (SSSR count). The number of rotatable bonds is 7. The first-order valence-electron chi connectivity index (χ1n) is 9.47. The van der Waals surface area contributed by atoms with Gasteiger partial charge < -0.3 is 10.6 Å². The molecule has 0 spiro atoms. The number of hydrogen-bond acceptors (Lipinski definition) is 4. The third-order valence-electron chi connectivity index (χ3n) is 5.38. The highest BCUT2D eigenvalue weighted by Crippen LogP contribution is 2.33. The number of hydrogen-bond donors (Lipinski definition) is 1. The molecule has 6 nitrogen and oxygen atoms in total. The summed E-state index contributed by atoms with van der Waals surface area (Å²) in [6.07, 6.45) is 9.15. The van der Waals surface area contributed by atoms with Gasteiger partial charge in [0.1, 0.15) is 5.54 Å². The van der Waals surface area contributed by atoms with E-state index in [4.69, 9.17) is 5.73 Å². The van der Waals surface area contributed by atoms with Crippen molar-refractivity contribution in [2.75, 3.05) is 19.6 Å². The van der Waals surface area contributed by atoms with Crippen molar-refractivity contribution in [2.24, 2.45) is 16.6 Å². The molecule has 2 aliphatic rings. The predicted octanol–water partition coefficient (Wildman–Crippen LogP) is 2.30. The highest BCUT2D eigenvalue weighted by Gasteiger charge is 2.46. The summed E-state index contributed by atoms with van der Waals surface area (Å²) in [5, 5.41) is 0. The minimum atomic E-state index is -0.716. The van der Waals surface area contributed by atoms with E-state index in [9.17, 15) is 9.59 Å². The fraction of sp³-hybridized carbons (Fsp3) is 0.737. The lowest BCUT2D eigenvalue weighted by Crippen LogP contribution is -2.48. The normalized spacial score (nSPS) is 25.1. The quantitative estimate of drug-likeness (QED) is 0.717. The number of piperidine rings is 1. The topological polar surface area (TPSA) is 79.0 Å². The molecule has 2 heterocycles. The molecule has 1 saturated heterocycles. The van der Waals surface area contributed by atoms with Crippen molar-refractivity contribution in [3.05, 3.63) is 12.2 Å². The molecular formula is C19H32N4O2. The Morgan fingerprint density at radius 3 is 2.64 bits per heavy atom. The van der Waals surface area contributed by atoms with Crippen LogP contribution in [0.3, 0.4) is 0 Å². The number of amides is 2. The van der Waals surface area contributed by atoms with Crippen LogP contribution in [0.4, 0.5) is 0 Å². The lowest BCUT2D eigenvalue weighted by atomic mass is 9.88. The third-order valence-corrected chi connectivity index (χ3v) is 5.38. The molecule has 1 atom stereocenters. The van der Waals surface area contributed by atoms with Crippen LogP contribution in [0.1, 0.15) is 59.3 Å². The highest BCUT2D eigenvalue weighted by molar-refractivity contribution is 6.06. The van der Waals surface area contributed by atoms with E-state index in [0.717, 1.165) is 45.2 Å². The third kappa shape index (κ3) is 4.41. The molecule has 0 aliphatic carbocycles. The molecule has 25 heavy (non-hydrogen) atoms. The maximum atomic E-state index is 13.1. The number of unbranched alkanes of at least 4 members (excludes halogenated alkanes) is 1. The average molecular weight is 348 g/mol. The number of aliphatic imine (C=N–C) groups is 1. The summed E-state index contributed by atoms with van der Waals surface area (Å²) in [5.41, 5.74) is 5.43. The Morgan fingerprint density at radius 2 is 2.08 bits per heavy atom.